The van der Waals surface area contributed by atoms with Gasteiger partial charge in [-0.05, 0) is 30.2 Å². The molecule has 20 heavy (non-hydrogen) atoms. The highest BCUT2D eigenvalue weighted by atomic mass is 16.5. The van der Waals surface area contributed by atoms with Crippen LogP contribution < -0.4 is 9.47 Å². The van der Waals surface area contributed by atoms with Crippen LogP contribution in [0.25, 0.3) is 0 Å². The van der Waals surface area contributed by atoms with Gasteiger partial charge in [-0.25, -0.2) is 0 Å². The number of para-hydroxylation sites is 2. The lowest BCUT2D eigenvalue weighted by Gasteiger charge is -2.18. The summed E-state index contributed by atoms with van der Waals surface area (Å²) in [6.07, 6.45) is 0. The van der Waals surface area contributed by atoms with E-state index in [1.807, 2.05) is 55.5 Å². The molecule has 0 aliphatic rings. The molecule has 1 N–H and O–H groups in total. The maximum absolute atomic E-state index is 9.60. The van der Waals surface area contributed by atoms with Gasteiger partial charge < -0.3 is 14.6 Å². The number of hydrogen-bond acceptors (Lipinski definition) is 3. The van der Waals surface area contributed by atoms with Crippen molar-refractivity contribution in [2.75, 3.05) is 20.3 Å². The van der Waals surface area contributed by atoms with Crippen molar-refractivity contribution in [2.24, 2.45) is 0 Å². The molecule has 2 aromatic carbocycles. The zero-order valence-electron chi connectivity index (χ0n) is 11.9. The van der Waals surface area contributed by atoms with E-state index < -0.39 is 0 Å². The van der Waals surface area contributed by atoms with Gasteiger partial charge >= 0.3 is 0 Å². The summed E-state index contributed by atoms with van der Waals surface area (Å²) in [6.45, 7) is 2.52. The molecule has 0 radical (unpaired) electrons. The molecule has 0 spiro atoms. The molecular weight excluding hydrogens is 252 g/mol. The van der Waals surface area contributed by atoms with Crippen molar-refractivity contribution in [1.82, 2.24) is 0 Å². The van der Waals surface area contributed by atoms with E-state index in [1.54, 1.807) is 7.11 Å². The van der Waals surface area contributed by atoms with Gasteiger partial charge in [0.1, 0.15) is 0 Å². The number of rotatable bonds is 6. The predicted octanol–water partition coefficient (Wildman–Crippen LogP) is 3.16. The van der Waals surface area contributed by atoms with Crippen molar-refractivity contribution in [3.8, 4) is 11.5 Å². The Hall–Kier alpha value is -2.00. The number of methoxy groups -OCH3 is 1. The van der Waals surface area contributed by atoms with Gasteiger partial charge in [0.25, 0.3) is 0 Å². The first kappa shape index (κ1) is 14.4. The molecule has 0 heterocycles. The van der Waals surface area contributed by atoms with E-state index >= 15 is 0 Å². The van der Waals surface area contributed by atoms with E-state index in [0.29, 0.717) is 18.1 Å². The van der Waals surface area contributed by atoms with Crippen molar-refractivity contribution in [1.29, 1.82) is 0 Å². The number of aryl methyl sites for hydroxylation is 1. The van der Waals surface area contributed by atoms with Gasteiger partial charge in [0, 0.05) is 5.92 Å². The predicted molar refractivity (Wildman–Crippen MR) is 79.5 cm³/mol. The highest BCUT2D eigenvalue weighted by Gasteiger charge is 2.14. The monoisotopic (exact) mass is 272 g/mol. The molecule has 106 valence electrons. The quantitative estimate of drug-likeness (QED) is 0.878. The van der Waals surface area contributed by atoms with Gasteiger partial charge in [0.15, 0.2) is 11.5 Å². The molecule has 1 atom stereocenters. The fourth-order valence-electron chi connectivity index (χ4n) is 2.21. The molecule has 2 aromatic rings. The molecule has 2 rings (SSSR count). The fraction of sp³-hybridized carbons (Fsp3) is 0.294. The number of hydrogen-bond donors (Lipinski definition) is 1. The largest absolute Gasteiger partial charge is 0.493 e. The van der Waals surface area contributed by atoms with Gasteiger partial charge in [-0.1, -0.05) is 36.4 Å². The highest BCUT2D eigenvalue weighted by Crippen LogP contribution is 2.28. The van der Waals surface area contributed by atoms with Crippen LogP contribution in [0.15, 0.2) is 48.5 Å². The summed E-state index contributed by atoms with van der Waals surface area (Å²) in [6, 6.07) is 15.6. The minimum Gasteiger partial charge on any atom is -0.493 e. The van der Waals surface area contributed by atoms with Crippen molar-refractivity contribution >= 4 is 0 Å². The van der Waals surface area contributed by atoms with Crippen LogP contribution in [0.2, 0.25) is 0 Å². The van der Waals surface area contributed by atoms with Gasteiger partial charge in [-0.15, -0.1) is 0 Å². The van der Waals surface area contributed by atoms with Crippen molar-refractivity contribution in [3.63, 3.8) is 0 Å². The van der Waals surface area contributed by atoms with Crippen LogP contribution in [-0.2, 0) is 0 Å². The summed E-state index contributed by atoms with van der Waals surface area (Å²) in [5.74, 6) is 1.36. The Labute approximate surface area is 119 Å². The SMILES string of the molecule is COc1ccccc1OCC(CO)c1ccccc1C. The van der Waals surface area contributed by atoms with E-state index in [4.69, 9.17) is 9.47 Å². The zero-order chi connectivity index (χ0) is 14.4. The normalized spacial score (nSPS) is 11.9. The van der Waals surface area contributed by atoms with Gasteiger partial charge in [-0.3, -0.25) is 0 Å². The molecule has 0 aliphatic heterocycles. The van der Waals surface area contributed by atoms with Gasteiger partial charge in [0.2, 0.25) is 0 Å². The molecule has 0 saturated heterocycles. The molecule has 0 aliphatic carbocycles. The average Bonchev–Trinajstić information content (AvgIpc) is 2.50. The molecule has 0 saturated carbocycles. The second kappa shape index (κ2) is 6.96. The Balaban J connectivity index is 2.10. The zero-order valence-corrected chi connectivity index (χ0v) is 11.9. The maximum atomic E-state index is 9.60. The summed E-state index contributed by atoms with van der Waals surface area (Å²) < 4.78 is 11.1. The highest BCUT2D eigenvalue weighted by molar-refractivity contribution is 5.39. The first-order chi connectivity index (χ1) is 9.76. The smallest absolute Gasteiger partial charge is 0.161 e. The van der Waals surface area contributed by atoms with Crippen LogP contribution in [0.5, 0.6) is 11.5 Å². The molecule has 3 nitrogen and oxygen atoms in total. The summed E-state index contributed by atoms with van der Waals surface area (Å²) in [4.78, 5) is 0. The van der Waals surface area contributed by atoms with E-state index in [0.717, 1.165) is 11.1 Å². The van der Waals surface area contributed by atoms with Crippen molar-refractivity contribution in [3.05, 3.63) is 59.7 Å². The third-order valence-electron chi connectivity index (χ3n) is 3.36. The van der Waals surface area contributed by atoms with E-state index in [1.165, 1.54) is 0 Å². The lowest BCUT2D eigenvalue weighted by Crippen LogP contribution is -2.15. The standard InChI is InChI=1S/C17H20O3/c1-13-7-3-4-8-15(13)14(11-18)12-20-17-10-6-5-9-16(17)19-2/h3-10,14,18H,11-12H2,1-2H3. The van der Waals surface area contributed by atoms with Crippen LogP contribution in [0.4, 0.5) is 0 Å². The van der Waals surface area contributed by atoms with Crippen LogP contribution >= 0.6 is 0 Å². The second-order valence-corrected chi connectivity index (χ2v) is 4.70. The van der Waals surface area contributed by atoms with Crippen LogP contribution in [-0.4, -0.2) is 25.4 Å². The average molecular weight is 272 g/mol. The van der Waals surface area contributed by atoms with Crippen LogP contribution in [0, 0.1) is 6.92 Å². The molecule has 3 heteroatoms. The molecule has 0 amide bonds. The van der Waals surface area contributed by atoms with Gasteiger partial charge in [-0.2, -0.15) is 0 Å². The van der Waals surface area contributed by atoms with E-state index in [2.05, 4.69) is 0 Å². The second-order valence-electron chi connectivity index (χ2n) is 4.70. The Kier molecular flexibility index (Phi) is 5.02. The first-order valence-corrected chi connectivity index (χ1v) is 6.68. The van der Waals surface area contributed by atoms with Crippen LogP contribution in [0.1, 0.15) is 17.0 Å². The Morgan fingerprint density at radius 3 is 2.30 bits per heavy atom. The van der Waals surface area contributed by atoms with Crippen molar-refractivity contribution < 1.29 is 14.6 Å². The molecule has 1 unspecified atom stereocenters. The maximum Gasteiger partial charge on any atom is 0.161 e. The van der Waals surface area contributed by atoms with E-state index in [9.17, 15) is 5.11 Å². The van der Waals surface area contributed by atoms with Crippen LogP contribution in [0.3, 0.4) is 0 Å². The lowest BCUT2D eigenvalue weighted by molar-refractivity contribution is 0.200. The summed E-state index contributed by atoms with van der Waals surface area (Å²) in [7, 11) is 1.62. The molecule has 0 aromatic heterocycles. The third-order valence-corrected chi connectivity index (χ3v) is 3.36. The first-order valence-electron chi connectivity index (χ1n) is 6.68. The fourth-order valence-corrected chi connectivity index (χ4v) is 2.21. The number of aliphatic hydroxyl groups is 1. The minimum atomic E-state index is -0.0406. The lowest BCUT2D eigenvalue weighted by atomic mass is 9.96. The molecule has 0 fully saturated rings. The Bertz CT molecular complexity index is 551. The number of benzene rings is 2. The number of aliphatic hydroxyl groups excluding tert-OH is 1. The molecular formula is C17H20O3. The minimum absolute atomic E-state index is 0.0406. The Morgan fingerprint density at radius 1 is 1.00 bits per heavy atom. The summed E-state index contributed by atoms with van der Waals surface area (Å²) >= 11 is 0. The summed E-state index contributed by atoms with van der Waals surface area (Å²) in [5, 5.41) is 9.60. The summed E-state index contributed by atoms with van der Waals surface area (Å²) in [5.41, 5.74) is 2.28. The van der Waals surface area contributed by atoms with Gasteiger partial charge in [0.05, 0.1) is 20.3 Å². The molecule has 0 bridgehead atoms. The third kappa shape index (κ3) is 3.31. The van der Waals surface area contributed by atoms with Crippen molar-refractivity contribution in [2.45, 2.75) is 12.8 Å². The van der Waals surface area contributed by atoms with E-state index in [-0.39, 0.29) is 12.5 Å². The Morgan fingerprint density at radius 2 is 1.65 bits per heavy atom. The number of ether oxygens (including phenoxy) is 2. The topological polar surface area (TPSA) is 38.7 Å².